The number of hydrazine groups is 1. The first-order valence-electron chi connectivity index (χ1n) is 5.41. The van der Waals surface area contributed by atoms with Crippen LogP contribution in [0.25, 0.3) is 0 Å². The molecule has 6 nitrogen and oxygen atoms in total. The zero-order chi connectivity index (χ0) is 14.9. The zero-order valence-corrected chi connectivity index (χ0v) is 9.94. The Bertz CT molecular complexity index is 598. The van der Waals surface area contributed by atoms with E-state index in [0.29, 0.717) is 0 Å². The molecule has 1 heterocycles. The first-order chi connectivity index (χ1) is 9.34. The molecule has 106 valence electrons. The van der Waals surface area contributed by atoms with E-state index >= 15 is 0 Å². The number of halogens is 3. The monoisotopic (exact) mass is 286 g/mol. The van der Waals surface area contributed by atoms with Crippen LogP contribution in [0.15, 0.2) is 29.4 Å². The quantitative estimate of drug-likeness (QED) is 0.469. The van der Waals surface area contributed by atoms with Crippen molar-refractivity contribution >= 4 is 23.1 Å². The summed E-state index contributed by atoms with van der Waals surface area (Å²) in [4.78, 5) is 22.8. The van der Waals surface area contributed by atoms with E-state index in [9.17, 15) is 22.8 Å². The Balaban J connectivity index is 2.42. The molecule has 1 aromatic rings. The summed E-state index contributed by atoms with van der Waals surface area (Å²) in [5, 5.41) is 4.42. The number of nitrogens with one attached hydrogen (secondary N) is 1. The Labute approximate surface area is 111 Å². The number of anilines is 1. The SMILES string of the molecule is NNC(=O)C1=NN(c2ccccc2C(F)(F)F)CC1=O. The van der Waals surface area contributed by atoms with E-state index in [4.69, 9.17) is 5.84 Å². The van der Waals surface area contributed by atoms with E-state index in [2.05, 4.69) is 5.10 Å². The molecule has 0 atom stereocenters. The molecule has 9 heteroatoms. The maximum Gasteiger partial charge on any atom is 0.418 e. The number of carbonyl (C=O) groups excluding carboxylic acids is 2. The molecule has 1 aliphatic rings. The fourth-order valence-corrected chi connectivity index (χ4v) is 1.74. The fourth-order valence-electron chi connectivity index (χ4n) is 1.74. The number of hydrogen-bond donors (Lipinski definition) is 2. The summed E-state index contributed by atoms with van der Waals surface area (Å²) in [6.07, 6.45) is -4.59. The molecule has 2 rings (SSSR count). The first-order valence-corrected chi connectivity index (χ1v) is 5.41. The van der Waals surface area contributed by atoms with E-state index < -0.39 is 35.7 Å². The van der Waals surface area contributed by atoms with E-state index in [1.165, 1.54) is 18.2 Å². The molecule has 0 aromatic heterocycles. The lowest BCUT2D eigenvalue weighted by atomic mass is 10.1. The Hall–Kier alpha value is -2.42. The van der Waals surface area contributed by atoms with Gasteiger partial charge >= 0.3 is 6.18 Å². The highest BCUT2D eigenvalue weighted by Gasteiger charge is 2.37. The number of hydrazone groups is 1. The summed E-state index contributed by atoms with van der Waals surface area (Å²) in [5.74, 6) is 3.22. The second-order valence-electron chi connectivity index (χ2n) is 3.92. The van der Waals surface area contributed by atoms with E-state index in [1.54, 1.807) is 5.43 Å². The lowest BCUT2D eigenvalue weighted by Crippen LogP contribution is -2.39. The van der Waals surface area contributed by atoms with Crippen LogP contribution in [0, 0.1) is 0 Å². The van der Waals surface area contributed by atoms with Gasteiger partial charge in [-0.2, -0.15) is 18.3 Å². The van der Waals surface area contributed by atoms with Crippen LogP contribution >= 0.6 is 0 Å². The third kappa shape index (κ3) is 2.48. The number of amides is 1. The average Bonchev–Trinajstić information content (AvgIpc) is 2.79. The summed E-state index contributed by atoms with van der Waals surface area (Å²) >= 11 is 0. The summed E-state index contributed by atoms with van der Waals surface area (Å²) in [6.45, 7) is -0.449. The lowest BCUT2D eigenvalue weighted by molar-refractivity contribution is -0.137. The number of ketones is 1. The molecule has 0 unspecified atom stereocenters. The summed E-state index contributed by atoms with van der Waals surface area (Å²) in [5.41, 5.74) is -0.0458. The minimum atomic E-state index is -4.59. The van der Waals surface area contributed by atoms with Crippen LogP contribution in [0.5, 0.6) is 0 Å². The largest absolute Gasteiger partial charge is 0.418 e. The van der Waals surface area contributed by atoms with Gasteiger partial charge in [-0.1, -0.05) is 12.1 Å². The van der Waals surface area contributed by atoms with Crippen molar-refractivity contribution < 1.29 is 22.8 Å². The normalized spacial score (nSPS) is 15.3. The van der Waals surface area contributed by atoms with Gasteiger partial charge in [0.2, 0.25) is 5.78 Å². The number of alkyl halides is 3. The molecule has 0 radical (unpaired) electrons. The van der Waals surface area contributed by atoms with Crippen LogP contribution in [-0.2, 0) is 15.8 Å². The van der Waals surface area contributed by atoms with Gasteiger partial charge in [-0.05, 0) is 12.1 Å². The van der Waals surface area contributed by atoms with E-state index in [0.717, 1.165) is 11.1 Å². The molecule has 20 heavy (non-hydrogen) atoms. The Morgan fingerprint density at radius 3 is 2.60 bits per heavy atom. The predicted molar refractivity (Wildman–Crippen MR) is 63.6 cm³/mol. The lowest BCUT2D eigenvalue weighted by Gasteiger charge is -2.18. The van der Waals surface area contributed by atoms with Gasteiger partial charge in [0.25, 0.3) is 5.91 Å². The number of para-hydroxylation sites is 1. The van der Waals surface area contributed by atoms with Gasteiger partial charge in [-0.3, -0.25) is 20.0 Å². The smallest absolute Gasteiger partial charge is 0.290 e. The number of Topliss-reactive ketones (excluding diaryl/α,β-unsaturated/α-hetero) is 1. The van der Waals surface area contributed by atoms with E-state index in [1.807, 2.05) is 0 Å². The van der Waals surface area contributed by atoms with Crippen LogP contribution in [-0.4, -0.2) is 23.9 Å². The van der Waals surface area contributed by atoms with E-state index in [-0.39, 0.29) is 5.69 Å². The van der Waals surface area contributed by atoms with Gasteiger partial charge in [-0.15, -0.1) is 0 Å². The molecule has 1 amide bonds. The van der Waals surface area contributed by atoms with Gasteiger partial charge < -0.3 is 0 Å². The number of nitrogens with zero attached hydrogens (tertiary/aromatic N) is 2. The van der Waals surface area contributed by atoms with Crippen LogP contribution < -0.4 is 16.3 Å². The van der Waals surface area contributed by atoms with Crippen molar-refractivity contribution in [3.8, 4) is 0 Å². The van der Waals surface area contributed by atoms with Gasteiger partial charge in [0, 0.05) is 0 Å². The molecule has 1 aromatic carbocycles. The van der Waals surface area contributed by atoms with Crippen molar-refractivity contribution in [2.45, 2.75) is 6.18 Å². The van der Waals surface area contributed by atoms with Crippen molar-refractivity contribution in [1.82, 2.24) is 5.43 Å². The summed E-state index contributed by atoms with van der Waals surface area (Å²) < 4.78 is 38.6. The van der Waals surface area contributed by atoms with Crippen molar-refractivity contribution in [2.75, 3.05) is 11.6 Å². The highest BCUT2D eigenvalue weighted by atomic mass is 19.4. The highest BCUT2D eigenvalue weighted by molar-refractivity contribution is 6.67. The molecule has 1 aliphatic heterocycles. The number of nitrogens with two attached hydrogens (primary N) is 1. The van der Waals surface area contributed by atoms with Crippen LogP contribution in [0.2, 0.25) is 0 Å². The molecule has 0 spiro atoms. The molecule has 0 saturated heterocycles. The fraction of sp³-hybridized carbons (Fsp3) is 0.182. The Kier molecular flexibility index (Phi) is 3.45. The van der Waals surface area contributed by atoms with Gasteiger partial charge in [0.15, 0.2) is 5.71 Å². The molecular weight excluding hydrogens is 277 g/mol. The zero-order valence-electron chi connectivity index (χ0n) is 9.94. The Morgan fingerprint density at radius 2 is 2.00 bits per heavy atom. The van der Waals surface area contributed by atoms with Gasteiger partial charge in [0.05, 0.1) is 11.3 Å². The number of rotatable bonds is 2. The molecule has 0 saturated carbocycles. The van der Waals surface area contributed by atoms with Crippen molar-refractivity contribution in [3.63, 3.8) is 0 Å². The Morgan fingerprint density at radius 1 is 1.35 bits per heavy atom. The third-order valence-electron chi connectivity index (χ3n) is 2.61. The molecule has 0 fully saturated rings. The summed E-state index contributed by atoms with van der Waals surface area (Å²) in [7, 11) is 0. The number of hydrogen-bond acceptors (Lipinski definition) is 5. The molecule has 0 aliphatic carbocycles. The highest BCUT2D eigenvalue weighted by Crippen LogP contribution is 2.37. The number of carbonyl (C=O) groups is 2. The minimum Gasteiger partial charge on any atom is -0.290 e. The maximum absolute atomic E-state index is 12.9. The minimum absolute atomic E-state index is 0.298. The van der Waals surface area contributed by atoms with Gasteiger partial charge in [0.1, 0.15) is 6.54 Å². The third-order valence-corrected chi connectivity index (χ3v) is 2.61. The second kappa shape index (κ2) is 4.93. The average molecular weight is 286 g/mol. The second-order valence-corrected chi connectivity index (χ2v) is 3.92. The van der Waals surface area contributed by atoms with Crippen LogP contribution in [0.3, 0.4) is 0 Å². The molecular formula is C11H9F3N4O2. The summed E-state index contributed by atoms with van der Waals surface area (Å²) in [6, 6.07) is 4.65. The van der Waals surface area contributed by atoms with Crippen LogP contribution in [0.4, 0.5) is 18.9 Å². The maximum atomic E-state index is 12.9. The van der Waals surface area contributed by atoms with Crippen molar-refractivity contribution in [3.05, 3.63) is 29.8 Å². The molecule has 3 N–H and O–H groups in total. The molecule has 0 bridgehead atoms. The predicted octanol–water partition coefficient (Wildman–Crippen LogP) is 0.440. The topological polar surface area (TPSA) is 87.8 Å². The van der Waals surface area contributed by atoms with Gasteiger partial charge in [-0.25, -0.2) is 5.84 Å². The standard InChI is InChI=1S/C11H9F3N4O2/c12-11(13,14)6-3-1-2-4-7(6)18-5-8(19)9(17-18)10(20)16-15/h1-4H,5,15H2,(H,16,20). The first kappa shape index (κ1) is 14.0. The van der Waals surface area contributed by atoms with Crippen molar-refractivity contribution in [1.29, 1.82) is 0 Å². The number of benzene rings is 1. The van der Waals surface area contributed by atoms with Crippen molar-refractivity contribution in [2.24, 2.45) is 10.9 Å². The van der Waals surface area contributed by atoms with Crippen LogP contribution in [0.1, 0.15) is 5.56 Å².